The van der Waals surface area contributed by atoms with Gasteiger partial charge in [-0.1, -0.05) is 73.4 Å². The molecule has 0 aliphatic rings. The quantitative estimate of drug-likeness (QED) is 0.488. The zero-order valence-electron chi connectivity index (χ0n) is 8.84. The first-order valence-electron chi connectivity index (χ1n) is 5.02. The molecule has 1 aromatic carbocycles. The molecule has 0 nitrogen and oxygen atoms in total. The molecule has 0 radical (unpaired) electrons. The van der Waals surface area contributed by atoms with Crippen molar-refractivity contribution in [2.75, 3.05) is 0 Å². The maximum Gasteiger partial charge on any atom is 0.0131 e. The number of allylic oxidation sites excluding steroid dienone is 5. The molecule has 0 N–H and O–H groups in total. The Balaban J connectivity index is 2.66. The van der Waals surface area contributed by atoms with Gasteiger partial charge in [0.05, 0.1) is 0 Å². The summed E-state index contributed by atoms with van der Waals surface area (Å²) in [4.78, 5) is 0. The summed E-state index contributed by atoms with van der Waals surface area (Å²) >= 11 is 0. The topological polar surface area (TPSA) is 0 Å². The number of benzene rings is 1. The highest BCUT2D eigenvalue weighted by molar-refractivity contribution is 5.49. The normalized spacial score (nSPS) is 13.1. The molecule has 0 bridgehead atoms. The summed E-state index contributed by atoms with van der Waals surface area (Å²) in [6.07, 6.45) is 11.9. The lowest BCUT2D eigenvalue weighted by atomic mass is 10.1. The average molecular weight is 196 g/mol. The fraction of sp³-hybridized carbons (Fsp3) is 0.0667. The number of hydrogen-bond acceptors (Lipinski definition) is 0. The smallest absolute Gasteiger partial charge is 0.0131 e. The van der Waals surface area contributed by atoms with E-state index in [9.17, 15) is 0 Å². The fourth-order valence-electron chi connectivity index (χ4n) is 1.21. The van der Waals surface area contributed by atoms with Gasteiger partial charge < -0.3 is 0 Å². The first-order chi connectivity index (χ1) is 7.36. The van der Waals surface area contributed by atoms with E-state index in [2.05, 4.69) is 43.5 Å². The Hall–Kier alpha value is -1.82. The second kappa shape index (κ2) is 6.61. The Labute approximate surface area is 92.0 Å². The SMILES string of the molecule is C=CC=CC(C=C)C=Cc1ccccc1. The fourth-order valence-corrected chi connectivity index (χ4v) is 1.21. The lowest BCUT2D eigenvalue weighted by molar-refractivity contribution is 1.08. The summed E-state index contributed by atoms with van der Waals surface area (Å²) in [5.74, 6) is 0.267. The van der Waals surface area contributed by atoms with Crippen molar-refractivity contribution in [1.82, 2.24) is 0 Å². The standard InChI is InChI=1S/C15H16/c1-3-5-9-14(4-2)12-13-15-10-7-6-8-11-15/h3-14H,1-2H2. The van der Waals surface area contributed by atoms with Gasteiger partial charge in [0, 0.05) is 5.92 Å². The predicted molar refractivity (Wildman–Crippen MR) is 68.5 cm³/mol. The van der Waals surface area contributed by atoms with Gasteiger partial charge in [0.25, 0.3) is 0 Å². The predicted octanol–water partition coefficient (Wildman–Crippen LogP) is 4.24. The minimum Gasteiger partial charge on any atom is -0.102 e. The molecule has 0 saturated carbocycles. The molecule has 1 unspecified atom stereocenters. The van der Waals surface area contributed by atoms with Crippen molar-refractivity contribution in [3.05, 3.63) is 79.4 Å². The van der Waals surface area contributed by atoms with Gasteiger partial charge in [-0.2, -0.15) is 0 Å². The van der Waals surface area contributed by atoms with E-state index < -0.39 is 0 Å². The molecule has 0 fully saturated rings. The second-order valence-corrected chi connectivity index (χ2v) is 3.20. The molecular formula is C15H16. The van der Waals surface area contributed by atoms with Crippen LogP contribution in [0.25, 0.3) is 6.08 Å². The zero-order valence-corrected chi connectivity index (χ0v) is 8.84. The minimum absolute atomic E-state index is 0.267. The number of hydrogen-bond donors (Lipinski definition) is 0. The van der Waals surface area contributed by atoms with Crippen LogP contribution >= 0.6 is 0 Å². The summed E-state index contributed by atoms with van der Waals surface area (Å²) in [5, 5.41) is 0. The Morgan fingerprint density at radius 3 is 2.33 bits per heavy atom. The van der Waals surface area contributed by atoms with Crippen molar-refractivity contribution >= 4 is 6.08 Å². The van der Waals surface area contributed by atoms with Crippen LogP contribution in [0.3, 0.4) is 0 Å². The van der Waals surface area contributed by atoms with Crippen LogP contribution in [-0.4, -0.2) is 0 Å². The maximum absolute atomic E-state index is 3.79. The van der Waals surface area contributed by atoms with Gasteiger partial charge in [-0.15, -0.1) is 6.58 Å². The molecule has 0 aliphatic carbocycles. The summed E-state index contributed by atoms with van der Waals surface area (Å²) in [6.45, 7) is 7.43. The van der Waals surface area contributed by atoms with Gasteiger partial charge in [0.1, 0.15) is 0 Å². The molecule has 0 heteroatoms. The van der Waals surface area contributed by atoms with E-state index in [4.69, 9.17) is 0 Å². The van der Waals surface area contributed by atoms with Crippen molar-refractivity contribution in [1.29, 1.82) is 0 Å². The van der Waals surface area contributed by atoms with Gasteiger partial charge in [0.15, 0.2) is 0 Å². The van der Waals surface area contributed by atoms with E-state index in [0.29, 0.717) is 0 Å². The third-order valence-electron chi connectivity index (χ3n) is 2.05. The van der Waals surface area contributed by atoms with Crippen molar-refractivity contribution < 1.29 is 0 Å². The van der Waals surface area contributed by atoms with Crippen LogP contribution in [0.15, 0.2) is 73.9 Å². The van der Waals surface area contributed by atoms with Crippen molar-refractivity contribution in [3.8, 4) is 0 Å². The molecule has 0 heterocycles. The van der Waals surface area contributed by atoms with Gasteiger partial charge in [0.2, 0.25) is 0 Å². The van der Waals surface area contributed by atoms with Gasteiger partial charge in [-0.05, 0) is 5.56 Å². The highest BCUT2D eigenvalue weighted by Crippen LogP contribution is 2.07. The molecule has 0 aromatic heterocycles. The molecule has 1 atom stereocenters. The Morgan fingerprint density at radius 1 is 1.00 bits per heavy atom. The van der Waals surface area contributed by atoms with Crippen molar-refractivity contribution in [2.45, 2.75) is 0 Å². The highest BCUT2D eigenvalue weighted by Gasteiger charge is 1.91. The second-order valence-electron chi connectivity index (χ2n) is 3.20. The molecule has 0 spiro atoms. The summed E-state index contributed by atoms with van der Waals surface area (Å²) < 4.78 is 0. The zero-order chi connectivity index (χ0) is 10.9. The van der Waals surface area contributed by atoms with Crippen LogP contribution in [0, 0.1) is 5.92 Å². The van der Waals surface area contributed by atoms with Crippen LogP contribution in [0.1, 0.15) is 5.56 Å². The van der Waals surface area contributed by atoms with Gasteiger partial charge in [-0.3, -0.25) is 0 Å². The monoisotopic (exact) mass is 196 g/mol. The summed E-state index contributed by atoms with van der Waals surface area (Å²) in [7, 11) is 0. The molecular weight excluding hydrogens is 180 g/mol. The molecule has 0 aliphatic heterocycles. The van der Waals surface area contributed by atoms with E-state index in [0.717, 1.165) is 0 Å². The van der Waals surface area contributed by atoms with E-state index in [-0.39, 0.29) is 5.92 Å². The molecule has 0 amide bonds. The highest BCUT2D eigenvalue weighted by atomic mass is 14.0. The largest absolute Gasteiger partial charge is 0.102 e. The molecule has 0 saturated heterocycles. The van der Waals surface area contributed by atoms with Crippen molar-refractivity contribution in [2.24, 2.45) is 5.92 Å². The van der Waals surface area contributed by atoms with E-state index >= 15 is 0 Å². The molecule has 76 valence electrons. The van der Waals surface area contributed by atoms with E-state index in [1.807, 2.05) is 30.4 Å². The Morgan fingerprint density at radius 2 is 1.73 bits per heavy atom. The first-order valence-corrected chi connectivity index (χ1v) is 5.02. The molecule has 15 heavy (non-hydrogen) atoms. The summed E-state index contributed by atoms with van der Waals surface area (Å²) in [5.41, 5.74) is 1.20. The lowest BCUT2D eigenvalue weighted by Gasteiger charge is -1.98. The average Bonchev–Trinajstić information content (AvgIpc) is 2.31. The van der Waals surface area contributed by atoms with Gasteiger partial charge >= 0.3 is 0 Å². The first kappa shape index (κ1) is 11.3. The number of rotatable bonds is 5. The molecule has 1 rings (SSSR count). The maximum atomic E-state index is 3.79. The van der Waals surface area contributed by atoms with Crippen molar-refractivity contribution in [3.63, 3.8) is 0 Å². The Bertz CT molecular complexity index is 355. The van der Waals surface area contributed by atoms with E-state index in [1.165, 1.54) is 5.56 Å². The minimum atomic E-state index is 0.267. The lowest BCUT2D eigenvalue weighted by Crippen LogP contribution is -1.83. The van der Waals surface area contributed by atoms with Gasteiger partial charge in [-0.25, -0.2) is 0 Å². The third-order valence-corrected chi connectivity index (χ3v) is 2.05. The summed E-state index contributed by atoms with van der Waals surface area (Å²) in [6, 6.07) is 10.2. The van der Waals surface area contributed by atoms with Crippen LogP contribution in [0.4, 0.5) is 0 Å². The van der Waals surface area contributed by atoms with Crippen LogP contribution in [-0.2, 0) is 0 Å². The van der Waals surface area contributed by atoms with E-state index in [1.54, 1.807) is 6.08 Å². The Kier molecular flexibility index (Phi) is 4.96. The van der Waals surface area contributed by atoms with Crippen LogP contribution < -0.4 is 0 Å². The van der Waals surface area contributed by atoms with Crippen LogP contribution in [0.5, 0.6) is 0 Å². The van der Waals surface area contributed by atoms with Crippen LogP contribution in [0.2, 0.25) is 0 Å². The molecule has 1 aromatic rings. The third kappa shape index (κ3) is 4.28.